The second kappa shape index (κ2) is 6.86. The van der Waals surface area contributed by atoms with Crippen molar-refractivity contribution in [2.24, 2.45) is 12.8 Å². The molecule has 2 aromatic carbocycles. The summed E-state index contributed by atoms with van der Waals surface area (Å²) in [5.74, 6) is 0.174. The standard InChI is InChI=1S/C19H23N5O/c1-12-3-6-14(7-4-12)18-19(25)17(24(2)23-18)11-22-16-9-13(10-20)5-8-15(16)21/h3-9,22,25H,10-11,20-21H2,1-2H3. The van der Waals surface area contributed by atoms with Crippen LogP contribution in [0.1, 0.15) is 16.8 Å². The molecule has 0 aliphatic heterocycles. The summed E-state index contributed by atoms with van der Waals surface area (Å²) >= 11 is 0. The van der Waals surface area contributed by atoms with Gasteiger partial charge in [-0.25, -0.2) is 0 Å². The Morgan fingerprint density at radius 1 is 1.16 bits per heavy atom. The minimum atomic E-state index is 0.174. The summed E-state index contributed by atoms with van der Waals surface area (Å²) in [6, 6.07) is 13.6. The predicted molar refractivity (Wildman–Crippen MR) is 101 cm³/mol. The fourth-order valence-corrected chi connectivity index (χ4v) is 2.71. The highest BCUT2D eigenvalue weighted by Gasteiger charge is 2.17. The highest BCUT2D eigenvalue weighted by Crippen LogP contribution is 2.32. The average molecular weight is 337 g/mol. The summed E-state index contributed by atoms with van der Waals surface area (Å²) in [6.07, 6.45) is 0. The van der Waals surface area contributed by atoms with Gasteiger partial charge in [-0.15, -0.1) is 0 Å². The first-order valence-corrected chi connectivity index (χ1v) is 8.14. The molecule has 0 aliphatic rings. The van der Waals surface area contributed by atoms with Crippen LogP contribution in [0.3, 0.4) is 0 Å². The van der Waals surface area contributed by atoms with Crippen LogP contribution in [-0.4, -0.2) is 14.9 Å². The quantitative estimate of drug-likeness (QED) is 0.536. The molecule has 6 heteroatoms. The lowest BCUT2D eigenvalue weighted by molar-refractivity contribution is 0.468. The number of hydrogen-bond donors (Lipinski definition) is 4. The van der Waals surface area contributed by atoms with Crippen molar-refractivity contribution in [1.29, 1.82) is 0 Å². The Kier molecular flexibility index (Phi) is 4.63. The maximum absolute atomic E-state index is 10.6. The SMILES string of the molecule is Cc1ccc(-c2nn(C)c(CNc3cc(CN)ccc3N)c2O)cc1. The van der Waals surface area contributed by atoms with Crippen molar-refractivity contribution < 1.29 is 5.11 Å². The average Bonchev–Trinajstić information content (AvgIpc) is 2.89. The van der Waals surface area contributed by atoms with Crippen molar-refractivity contribution in [2.75, 3.05) is 11.1 Å². The molecule has 0 unspecified atom stereocenters. The fraction of sp³-hybridized carbons (Fsp3) is 0.211. The van der Waals surface area contributed by atoms with Gasteiger partial charge in [-0.05, 0) is 24.6 Å². The molecule has 1 heterocycles. The molecule has 3 rings (SSSR count). The first-order chi connectivity index (χ1) is 12.0. The van der Waals surface area contributed by atoms with Crippen LogP contribution in [0.25, 0.3) is 11.3 Å². The molecule has 6 nitrogen and oxygen atoms in total. The third kappa shape index (κ3) is 3.44. The molecule has 3 aromatic rings. The van der Waals surface area contributed by atoms with Crippen LogP contribution in [0, 0.1) is 6.92 Å². The predicted octanol–water partition coefficient (Wildman–Crippen LogP) is 2.75. The number of aromatic nitrogens is 2. The Morgan fingerprint density at radius 2 is 1.88 bits per heavy atom. The molecular formula is C19H23N5O. The van der Waals surface area contributed by atoms with E-state index in [0.717, 1.165) is 22.4 Å². The fourth-order valence-electron chi connectivity index (χ4n) is 2.71. The number of aryl methyl sites for hydroxylation is 2. The summed E-state index contributed by atoms with van der Waals surface area (Å²) in [7, 11) is 1.81. The van der Waals surface area contributed by atoms with Crippen LogP contribution in [0.15, 0.2) is 42.5 Å². The molecule has 0 saturated carbocycles. The first kappa shape index (κ1) is 16.9. The van der Waals surface area contributed by atoms with Gasteiger partial charge in [0.25, 0.3) is 0 Å². The van der Waals surface area contributed by atoms with Crippen molar-refractivity contribution >= 4 is 11.4 Å². The minimum absolute atomic E-state index is 0.174. The van der Waals surface area contributed by atoms with E-state index >= 15 is 0 Å². The van der Waals surface area contributed by atoms with Crippen molar-refractivity contribution in [3.8, 4) is 17.0 Å². The number of benzene rings is 2. The molecule has 0 bridgehead atoms. The molecule has 1 aromatic heterocycles. The summed E-state index contributed by atoms with van der Waals surface area (Å²) < 4.78 is 1.68. The molecule has 0 fully saturated rings. The largest absolute Gasteiger partial charge is 0.504 e. The van der Waals surface area contributed by atoms with Gasteiger partial charge in [0.1, 0.15) is 5.69 Å². The van der Waals surface area contributed by atoms with E-state index in [4.69, 9.17) is 11.5 Å². The summed E-state index contributed by atoms with van der Waals surface area (Å²) in [4.78, 5) is 0. The van der Waals surface area contributed by atoms with Crippen LogP contribution in [-0.2, 0) is 20.1 Å². The molecule has 0 amide bonds. The number of nitrogens with zero attached hydrogens (tertiary/aromatic N) is 2. The van der Waals surface area contributed by atoms with E-state index in [0.29, 0.717) is 30.2 Å². The van der Waals surface area contributed by atoms with Gasteiger partial charge in [0, 0.05) is 19.2 Å². The summed E-state index contributed by atoms with van der Waals surface area (Å²) in [5.41, 5.74) is 17.4. The first-order valence-electron chi connectivity index (χ1n) is 8.14. The lowest BCUT2D eigenvalue weighted by Crippen LogP contribution is -2.08. The zero-order valence-electron chi connectivity index (χ0n) is 14.5. The smallest absolute Gasteiger partial charge is 0.166 e. The van der Waals surface area contributed by atoms with Gasteiger partial charge in [-0.1, -0.05) is 35.9 Å². The van der Waals surface area contributed by atoms with Gasteiger partial charge in [0.05, 0.1) is 23.6 Å². The lowest BCUT2D eigenvalue weighted by Gasteiger charge is -2.11. The molecule has 0 atom stereocenters. The van der Waals surface area contributed by atoms with Crippen molar-refractivity contribution in [1.82, 2.24) is 9.78 Å². The van der Waals surface area contributed by atoms with Crippen LogP contribution < -0.4 is 16.8 Å². The summed E-state index contributed by atoms with van der Waals surface area (Å²) in [5, 5.41) is 18.3. The number of aromatic hydroxyl groups is 1. The number of anilines is 2. The van der Waals surface area contributed by atoms with Gasteiger partial charge in [0.2, 0.25) is 0 Å². The van der Waals surface area contributed by atoms with Gasteiger partial charge in [-0.3, -0.25) is 4.68 Å². The maximum Gasteiger partial charge on any atom is 0.166 e. The van der Waals surface area contributed by atoms with E-state index in [1.807, 2.05) is 56.4 Å². The van der Waals surface area contributed by atoms with E-state index in [1.165, 1.54) is 0 Å². The van der Waals surface area contributed by atoms with Crippen LogP contribution in [0.5, 0.6) is 5.75 Å². The molecule has 25 heavy (non-hydrogen) atoms. The van der Waals surface area contributed by atoms with Gasteiger partial charge in [-0.2, -0.15) is 5.10 Å². The lowest BCUT2D eigenvalue weighted by atomic mass is 10.1. The zero-order chi connectivity index (χ0) is 18.0. The Morgan fingerprint density at radius 3 is 2.56 bits per heavy atom. The van der Waals surface area contributed by atoms with Gasteiger partial charge >= 0.3 is 0 Å². The molecule has 0 aliphatic carbocycles. The normalized spacial score (nSPS) is 10.8. The Bertz CT molecular complexity index is 884. The third-order valence-electron chi connectivity index (χ3n) is 4.26. The van der Waals surface area contributed by atoms with Crippen molar-refractivity contribution in [3.05, 3.63) is 59.3 Å². The molecular weight excluding hydrogens is 314 g/mol. The van der Waals surface area contributed by atoms with E-state index in [9.17, 15) is 5.11 Å². The molecule has 130 valence electrons. The highest BCUT2D eigenvalue weighted by atomic mass is 16.3. The van der Waals surface area contributed by atoms with E-state index in [-0.39, 0.29) is 5.75 Å². The van der Waals surface area contributed by atoms with E-state index in [2.05, 4.69) is 10.4 Å². The molecule has 0 radical (unpaired) electrons. The van der Waals surface area contributed by atoms with Gasteiger partial charge < -0.3 is 21.9 Å². The second-order valence-electron chi connectivity index (χ2n) is 6.11. The molecule has 0 spiro atoms. The number of nitrogen functional groups attached to an aromatic ring is 1. The van der Waals surface area contributed by atoms with Gasteiger partial charge in [0.15, 0.2) is 5.75 Å². The number of rotatable bonds is 5. The van der Waals surface area contributed by atoms with Crippen molar-refractivity contribution in [3.63, 3.8) is 0 Å². The maximum atomic E-state index is 10.6. The number of nitrogens with one attached hydrogen (secondary N) is 1. The van der Waals surface area contributed by atoms with Crippen LogP contribution in [0.4, 0.5) is 11.4 Å². The van der Waals surface area contributed by atoms with Crippen molar-refractivity contribution in [2.45, 2.75) is 20.0 Å². The molecule has 6 N–H and O–H groups in total. The van der Waals surface area contributed by atoms with E-state index < -0.39 is 0 Å². The number of hydrogen-bond acceptors (Lipinski definition) is 5. The van der Waals surface area contributed by atoms with Crippen LogP contribution in [0.2, 0.25) is 0 Å². The molecule has 0 saturated heterocycles. The van der Waals surface area contributed by atoms with E-state index in [1.54, 1.807) is 4.68 Å². The third-order valence-corrected chi connectivity index (χ3v) is 4.26. The highest BCUT2D eigenvalue weighted by molar-refractivity contribution is 5.69. The Labute approximate surface area is 147 Å². The summed E-state index contributed by atoms with van der Waals surface area (Å²) in [6.45, 7) is 2.88. The zero-order valence-corrected chi connectivity index (χ0v) is 14.5. The van der Waals surface area contributed by atoms with Crippen LogP contribution >= 0.6 is 0 Å². The number of nitrogens with two attached hydrogens (primary N) is 2. The Hall–Kier alpha value is -2.99. The second-order valence-corrected chi connectivity index (χ2v) is 6.11. The topological polar surface area (TPSA) is 102 Å². The Balaban J connectivity index is 1.85. The minimum Gasteiger partial charge on any atom is -0.504 e. The monoisotopic (exact) mass is 337 g/mol.